The Morgan fingerprint density at radius 1 is 1.09 bits per heavy atom. The summed E-state index contributed by atoms with van der Waals surface area (Å²) in [6, 6.07) is 12.8. The molecule has 0 spiro atoms. The molecule has 0 saturated heterocycles. The first-order valence-electron chi connectivity index (χ1n) is 13.0. The van der Waals surface area contributed by atoms with E-state index in [4.69, 9.17) is 9.72 Å². The molecule has 1 aromatic heterocycles. The van der Waals surface area contributed by atoms with Gasteiger partial charge in [0.1, 0.15) is 11.9 Å². The van der Waals surface area contributed by atoms with Crippen molar-refractivity contribution in [1.29, 1.82) is 0 Å². The van der Waals surface area contributed by atoms with Crippen LogP contribution in [-0.2, 0) is 27.2 Å². The van der Waals surface area contributed by atoms with E-state index in [9.17, 15) is 14.7 Å². The second-order valence-electron chi connectivity index (χ2n) is 9.11. The van der Waals surface area contributed by atoms with Gasteiger partial charge in [0, 0.05) is 12.2 Å². The van der Waals surface area contributed by atoms with Gasteiger partial charge in [0.25, 0.3) is 0 Å². The van der Waals surface area contributed by atoms with Crippen LogP contribution in [-0.4, -0.2) is 47.8 Å². The van der Waals surface area contributed by atoms with Gasteiger partial charge in [-0.05, 0) is 56.2 Å². The lowest BCUT2D eigenvalue weighted by Gasteiger charge is -2.21. The smallest absolute Gasteiger partial charge is 0.328 e. The summed E-state index contributed by atoms with van der Waals surface area (Å²) in [5, 5.41) is 16.0. The van der Waals surface area contributed by atoms with Crippen LogP contribution in [0.3, 0.4) is 0 Å². The number of aliphatic hydroxyl groups excluding tert-OH is 1. The molecule has 3 rings (SSSR count). The van der Waals surface area contributed by atoms with Crippen LogP contribution in [0.1, 0.15) is 74.6 Å². The Kier molecular flexibility index (Phi) is 11.0. The van der Waals surface area contributed by atoms with Gasteiger partial charge in [0.05, 0.1) is 19.1 Å². The first-order chi connectivity index (χ1) is 17.1. The maximum Gasteiger partial charge on any atom is 0.328 e. The number of aromatic nitrogens is 1. The number of amides is 1. The van der Waals surface area contributed by atoms with Crippen LogP contribution >= 0.6 is 0 Å². The van der Waals surface area contributed by atoms with Crippen LogP contribution < -0.4 is 10.6 Å². The van der Waals surface area contributed by atoms with Gasteiger partial charge < -0.3 is 20.5 Å². The summed E-state index contributed by atoms with van der Waals surface area (Å²) in [6.45, 7) is 2.70. The highest BCUT2D eigenvalue weighted by Gasteiger charge is 2.26. The number of rotatable bonds is 14. The standard InChI is InChI=1S/C28H39N3O4/c1-2-35-28(34)25(31-27(33)24(20-32)21-12-7-6-8-13-21)16-10-5-3-4-9-15-23-18-17-22-14-11-19-29-26(22)30-23/h6-8,12-13,17-18,24-25,32H,2-5,9-11,14-16,19-20H2,1H3,(H,29,30)(H,31,33)/t24?,25-/m0/s1. The lowest BCUT2D eigenvalue weighted by atomic mass is 9.98. The average Bonchev–Trinajstić information content (AvgIpc) is 2.88. The highest BCUT2D eigenvalue weighted by Crippen LogP contribution is 2.21. The van der Waals surface area contributed by atoms with E-state index in [2.05, 4.69) is 22.8 Å². The normalized spacial score (nSPS) is 14.3. The highest BCUT2D eigenvalue weighted by molar-refractivity contribution is 5.88. The molecule has 7 nitrogen and oxygen atoms in total. The Morgan fingerprint density at radius 2 is 1.86 bits per heavy atom. The van der Waals surface area contributed by atoms with Gasteiger partial charge in [0.15, 0.2) is 0 Å². The number of carbonyl (C=O) groups excluding carboxylic acids is 2. The molecule has 0 aliphatic carbocycles. The fourth-order valence-corrected chi connectivity index (χ4v) is 4.48. The number of esters is 1. The van der Waals surface area contributed by atoms with E-state index in [0.717, 1.165) is 68.6 Å². The molecule has 190 valence electrons. The molecular formula is C28H39N3O4. The largest absolute Gasteiger partial charge is 0.464 e. The number of aryl methyl sites for hydroxylation is 2. The van der Waals surface area contributed by atoms with Crippen molar-refractivity contribution in [3.05, 3.63) is 59.3 Å². The molecule has 2 aromatic rings. The van der Waals surface area contributed by atoms with Crippen LogP contribution in [0.25, 0.3) is 0 Å². The van der Waals surface area contributed by atoms with Gasteiger partial charge in [-0.15, -0.1) is 0 Å². The van der Waals surface area contributed by atoms with Crippen LogP contribution in [0.5, 0.6) is 0 Å². The van der Waals surface area contributed by atoms with Crippen molar-refractivity contribution >= 4 is 17.7 Å². The number of nitrogens with zero attached hydrogens (tertiary/aromatic N) is 1. The Morgan fingerprint density at radius 3 is 2.63 bits per heavy atom. The molecule has 1 amide bonds. The lowest BCUT2D eigenvalue weighted by molar-refractivity contribution is -0.148. The zero-order valence-electron chi connectivity index (χ0n) is 20.8. The van der Waals surface area contributed by atoms with E-state index in [-0.39, 0.29) is 19.1 Å². The molecule has 0 bridgehead atoms. The van der Waals surface area contributed by atoms with Crippen molar-refractivity contribution < 1.29 is 19.4 Å². The molecule has 7 heteroatoms. The Bertz CT molecular complexity index is 935. The molecule has 35 heavy (non-hydrogen) atoms. The van der Waals surface area contributed by atoms with Crippen LogP contribution in [0.4, 0.5) is 5.82 Å². The average molecular weight is 482 g/mol. The third-order valence-corrected chi connectivity index (χ3v) is 6.47. The monoisotopic (exact) mass is 481 g/mol. The van der Waals surface area contributed by atoms with E-state index >= 15 is 0 Å². The summed E-state index contributed by atoms with van der Waals surface area (Å²) in [5.74, 6) is -0.432. The van der Waals surface area contributed by atoms with Crippen molar-refractivity contribution in [2.45, 2.75) is 76.7 Å². The van der Waals surface area contributed by atoms with Gasteiger partial charge >= 0.3 is 5.97 Å². The Labute approximate surface area is 208 Å². The summed E-state index contributed by atoms with van der Waals surface area (Å²) in [4.78, 5) is 30.0. The molecule has 1 aliphatic rings. The van der Waals surface area contributed by atoms with Gasteiger partial charge in [-0.2, -0.15) is 0 Å². The number of hydrogen-bond acceptors (Lipinski definition) is 6. The third kappa shape index (κ3) is 8.35. The molecular weight excluding hydrogens is 442 g/mol. The minimum Gasteiger partial charge on any atom is -0.464 e. The quantitative estimate of drug-likeness (QED) is 0.277. The molecule has 1 aromatic carbocycles. The summed E-state index contributed by atoms with van der Waals surface area (Å²) in [5.41, 5.74) is 3.18. The number of benzene rings is 1. The first kappa shape index (κ1) is 26.7. The number of ether oxygens (including phenoxy) is 1. The van der Waals surface area contributed by atoms with Gasteiger partial charge in [-0.3, -0.25) is 4.79 Å². The summed E-state index contributed by atoms with van der Waals surface area (Å²) < 4.78 is 5.18. The third-order valence-electron chi connectivity index (χ3n) is 6.47. The molecule has 1 aliphatic heterocycles. The van der Waals surface area contributed by atoms with Crippen LogP contribution in [0.15, 0.2) is 42.5 Å². The zero-order valence-corrected chi connectivity index (χ0v) is 20.8. The fourth-order valence-electron chi connectivity index (χ4n) is 4.48. The van der Waals surface area contributed by atoms with Gasteiger partial charge in [-0.1, -0.05) is 62.1 Å². The number of anilines is 1. The number of fused-ring (bicyclic) bond motifs is 1. The van der Waals surface area contributed by atoms with Gasteiger partial charge in [-0.25, -0.2) is 9.78 Å². The SMILES string of the molecule is CCOC(=O)[C@H](CCCCCCCc1ccc2c(n1)NCCC2)NC(=O)C(CO)c1ccccc1. The molecule has 0 fully saturated rings. The lowest BCUT2D eigenvalue weighted by Crippen LogP contribution is -2.44. The molecule has 2 heterocycles. The summed E-state index contributed by atoms with van der Waals surface area (Å²) in [7, 11) is 0. The topological polar surface area (TPSA) is 101 Å². The van der Waals surface area contributed by atoms with Crippen LogP contribution in [0.2, 0.25) is 0 Å². The van der Waals surface area contributed by atoms with Crippen molar-refractivity contribution in [3.8, 4) is 0 Å². The van der Waals surface area contributed by atoms with E-state index in [0.29, 0.717) is 6.42 Å². The van der Waals surface area contributed by atoms with Crippen molar-refractivity contribution in [1.82, 2.24) is 10.3 Å². The molecule has 0 saturated carbocycles. The molecule has 2 atom stereocenters. The maximum absolute atomic E-state index is 12.8. The molecule has 1 unspecified atom stereocenters. The number of carbonyl (C=O) groups is 2. The molecule has 0 radical (unpaired) electrons. The minimum absolute atomic E-state index is 0.263. The number of nitrogens with one attached hydrogen (secondary N) is 2. The summed E-state index contributed by atoms with van der Waals surface area (Å²) >= 11 is 0. The zero-order chi connectivity index (χ0) is 24.9. The van der Waals surface area contributed by atoms with Crippen molar-refractivity contribution in [3.63, 3.8) is 0 Å². The first-order valence-corrected chi connectivity index (χ1v) is 13.0. The van der Waals surface area contributed by atoms with E-state index in [1.54, 1.807) is 19.1 Å². The highest BCUT2D eigenvalue weighted by atomic mass is 16.5. The van der Waals surface area contributed by atoms with Crippen molar-refractivity contribution in [2.24, 2.45) is 0 Å². The second-order valence-corrected chi connectivity index (χ2v) is 9.11. The van der Waals surface area contributed by atoms with E-state index in [1.165, 1.54) is 12.0 Å². The number of aliphatic hydroxyl groups is 1. The number of pyridine rings is 1. The maximum atomic E-state index is 12.8. The summed E-state index contributed by atoms with van der Waals surface area (Å²) in [6.07, 6.45) is 8.82. The minimum atomic E-state index is -0.708. The number of unbranched alkanes of at least 4 members (excludes halogenated alkanes) is 4. The van der Waals surface area contributed by atoms with E-state index in [1.807, 2.05) is 18.2 Å². The second kappa shape index (κ2) is 14.5. The van der Waals surface area contributed by atoms with E-state index < -0.39 is 17.9 Å². The Balaban J connectivity index is 1.40. The predicted octanol–water partition coefficient (Wildman–Crippen LogP) is 4.15. The predicted molar refractivity (Wildman–Crippen MR) is 137 cm³/mol. The fraction of sp³-hybridized carbons (Fsp3) is 0.536. The number of hydrogen-bond donors (Lipinski definition) is 3. The molecule has 3 N–H and O–H groups in total. The Hall–Kier alpha value is -2.93. The van der Waals surface area contributed by atoms with Crippen LogP contribution in [0, 0.1) is 0 Å². The van der Waals surface area contributed by atoms with Crippen molar-refractivity contribution in [2.75, 3.05) is 25.1 Å². The van der Waals surface area contributed by atoms with Gasteiger partial charge in [0.2, 0.25) is 5.91 Å².